The van der Waals surface area contributed by atoms with Crippen molar-refractivity contribution in [3.8, 4) is 5.75 Å². The third kappa shape index (κ3) is 4.33. The lowest BCUT2D eigenvalue weighted by Gasteiger charge is -2.29. The molecular weight excluding hydrogens is 268 g/mol. The van der Waals surface area contributed by atoms with Crippen LogP contribution in [0.2, 0.25) is 0 Å². The van der Waals surface area contributed by atoms with Crippen LogP contribution < -0.4 is 4.74 Å². The summed E-state index contributed by atoms with van der Waals surface area (Å²) in [5.74, 6) is -0.184. The van der Waals surface area contributed by atoms with Gasteiger partial charge in [0, 0.05) is 25.2 Å². The van der Waals surface area contributed by atoms with Crippen molar-refractivity contribution in [2.75, 3.05) is 7.11 Å². The van der Waals surface area contributed by atoms with Gasteiger partial charge in [-0.25, -0.2) is 4.79 Å². The molecule has 0 bridgehead atoms. The minimum absolute atomic E-state index is 0.127. The monoisotopic (exact) mass is 290 g/mol. The molecule has 1 saturated carbocycles. The van der Waals surface area contributed by atoms with E-state index in [0.29, 0.717) is 0 Å². The molecule has 1 fully saturated rings. The second-order valence-corrected chi connectivity index (χ2v) is 5.43. The molecule has 0 aliphatic heterocycles. The molecule has 0 spiro atoms. The minimum Gasteiger partial charge on any atom is -0.489 e. The molecule has 114 valence electrons. The Labute approximate surface area is 125 Å². The zero-order chi connectivity index (χ0) is 15.2. The number of ether oxygens (including phenoxy) is 2. The number of hydrogen-bond donors (Lipinski definition) is 1. The van der Waals surface area contributed by atoms with E-state index in [1.165, 1.54) is 0 Å². The first-order valence-corrected chi connectivity index (χ1v) is 7.30. The molecule has 0 aromatic heterocycles. The Morgan fingerprint density at radius 1 is 1.33 bits per heavy atom. The quantitative estimate of drug-likeness (QED) is 0.844. The number of carboxylic acids is 1. The van der Waals surface area contributed by atoms with Gasteiger partial charge in [0.2, 0.25) is 0 Å². The fraction of sp³-hybridized carbons (Fsp3) is 0.471. The number of para-hydroxylation sites is 1. The lowest BCUT2D eigenvalue weighted by atomic mass is 9.94. The molecule has 1 N–H and O–H groups in total. The van der Waals surface area contributed by atoms with E-state index >= 15 is 0 Å². The Hall–Kier alpha value is -1.81. The molecule has 4 nitrogen and oxygen atoms in total. The van der Waals surface area contributed by atoms with Crippen molar-refractivity contribution >= 4 is 12.0 Å². The molecule has 1 aliphatic rings. The number of carboxylic acid groups (broad SMARTS) is 1. The minimum atomic E-state index is -0.959. The third-order valence-electron chi connectivity index (χ3n) is 3.84. The summed E-state index contributed by atoms with van der Waals surface area (Å²) < 4.78 is 11.6. The highest BCUT2D eigenvalue weighted by Gasteiger charge is 2.24. The molecule has 1 aliphatic carbocycles. The van der Waals surface area contributed by atoms with Crippen LogP contribution in [-0.4, -0.2) is 30.4 Å². The molecule has 21 heavy (non-hydrogen) atoms. The fourth-order valence-corrected chi connectivity index (χ4v) is 2.72. The molecule has 0 radical (unpaired) electrons. The van der Waals surface area contributed by atoms with E-state index in [1.807, 2.05) is 25.1 Å². The summed E-state index contributed by atoms with van der Waals surface area (Å²) in [6.45, 7) is 1.98. The van der Waals surface area contributed by atoms with Gasteiger partial charge < -0.3 is 14.6 Å². The van der Waals surface area contributed by atoms with Gasteiger partial charge in [0.05, 0.1) is 6.10 Å². The van der Waals surface area contributed by atoms with Gasteiger partial charge in [-0.15, -0.1) is 0 Å². The second-order valence-electron chi connectivity index (χ2n) is 5.43. The van der Waals surface area contributed by atoms with Crippen molar-refractivity contribution < 1.29 is 19.4 Å². The SMILES string of the molecule is COC1CCCC(Oc2c(C)cccc2/C=C/C(=O)O)C1. The number of aliphatic carboxylic acids is 1. The normalized spacial score (nSPS) is 22.4. The number of methoxy groups -OCH3 is 1. The molecule has 0 amide bonds. The van der Waals surface area contributed by atoms with Crippen molar-refractivity contribution in [2.24, 2.45) is 0 Å². The molecule has 2 rings (SSSR count). The summed E-state index contributed by atoms with van der Waals surface area (Å²) >= 11 is 0. The van der Waals surface area contributed by atoms with Crippen molar-refractivity contribution in [1.82, 2.24) is 0 Å². The summed E-state index contributed by atoms with van der Waals surface area (Å²) in [7, 11) is 1.74. The second kappa shape index (κ2) is 7.27. The summed E-state index contributed by atoms with van der Waals surface area (Å²) in [6.07, 6.45) is 7.17. The van der Waals surface area contributed by atoms with Crippen LogP contribution >= 0.6 is 0 Å². The first kappa shape index (κ1) is 15.6. The van der Waals surface area contributed by atoms with Crippen LogP contribution in [0.25, 0.3) is 6.08 Å². The maximum absolute atomic E-state index is 10.7. The zero-order valence-electron chi connectivity index (χ0n) is 12.5. The van der Waals surface area contributed by atoms with Gasteiger partial charge in [0.1, 0.15) is 11.9 Å². The molecule has 4 heteroatoms. The molecule has 2 unspecified atom stereocenters. The van der Waals surface area contributed by atoms with E-state index in [2.05, 4.69) is 0 Å². The summed E-state index contributed by atoms with van der Waals surface area (Å²) in [5.41, 5.74) is 1.82. The van der Waals surface area contributed by atoms with Crippen LogP contribution in [0.5, 0.6) is 5.75 Å². The van der Waals surface area contributed by atoms with Crippen LogP contribution in [0, 0.1) is 6.92 Å². The van der Waals surface area contributed by atoms with Gasteiger partial charge in [-0.1, -0.05) is 18.2 Å². The average Bonchev–Trinajstić information content (AvgIpc) is 2.48. The topological polar surface area (TPSA) is 55.8 Å². The predicted molar refractivity (Wildman–Crippen MR) is 81.5 cm³/mol. The highest BCUT2D eigenvalue weighted by molar-refractivity contribution is 5.86. The van der Waals surface area contributed by atoms with E-state index in [0.717, 1.165) is 48.6 Å². The Morgan fingerprint density at radius 3 is 2.81 bits per heavy atom. The standard InChI is InChI=1S/C17H22O4/c1-12-5-3-6-13(9-10-16(18)19)17(12)21-15-8-4-7-14(11-15)20-2/h3,5-6,9-10,14-15H,4,7-8,11H2,1-2H3,(H,18,19)/b10-9+. The smallest absolute Gasteiger partial charge is 0.328 e. The first-order chi connectivity index (χ1) is 10.1. The van der Waals surface area contributed by atoms with E-state index in [9.17, 15) is 4.79 Å². The van der Waals surface area contributed by atoms with Crippen molar-refractivity contribution in [2.45, 2.75) is 44.8 Å². The van der Waals surface area contributed by atoms with Gasteiger partial charge in [-0.3, -0.25) is 0 Å². The summed E-state index contributed by atoms with van der Waals surface area (Å²) in [5, 5.41) is 8.78. The molecule has 0 heterocycles. The summed E-state index contributed by atoms with van der Waals surface area (Å²) in [6, 6.07) is 5.75. The maximum atomic E-state index is 10.7. The van der Waals surface area contributed by atoms with Crippen LogP contribution in [0.4, 0.5) is 0 Å². The Bertz CT molecular complexity index is 522. The molecule has 1 aromatic rings. The highest BCUT2D eigenvalue weighted by atomic mass is 16.5. The predicted octanol–water partition coefficient (Wildman–Crippen LogP) is 3.43. The van der Waals surface area contributed by atoms with Crippen LogP contribution in [0.15, 0.2) is 24.3 Å². The Balaban J connectivity index is 2.16. The lowest BCUT2D eigenvalue weighted by molar-refractivity contribution is -0.131. The van der Waals surface area contributed by atoms with Crippen LogP contribution in [0.3, 0.4) is 0 Å². The Morgan fingerprint density at radius 2 is 2.10 bits per heavy atom. The fourth-order valence-electron chi connectivity index (χ4n) is 2.72. The van der Waals surface area contributed by atoms with Gasteiger partial charge in [-0.05, 0) is 37.8 Å². The van der Waals surface area contributed by atoms with Gasteiger partial charge in [0.25, 0.3) is 0 Å². The lowest BCUT2D eigenvalue weighted by Crippen LogP contribution is -2.29. The number of carbonyl (C=O) groups is 1. The molecule has 2 atom stereocenters. The van der Waals surface area contributed by atoms with Crippen molar-refractivity contribution in [3.05, 3.63) is 35.4 Å². The molecule has 0 saturated heterocycles. The average molecular weight is 290 g/mol. The van der Waals surface area contributed by atoms with E-state index in [-0.39, 0.29) is 12.2 Å². The van der Waals surface area contributed by atoms with Crippen LogP contribution in [-0.2, 0) is 9.53 Å². The highest BCUT2D eigenvalue weighted by Crippen LogP contribution is 2.30. The van der Waals surface area contributed by atoms with E-state index < -0.39 is 5.97 Å². The van der Waals surface area contributed by atoms with E-state index in [1.54, 1.807) is 13.2 Å². The van der Waals surface area contributed by atoms with Crippen molar-refractivity contribution in [3.63, 3.8) is 0 Å². The van der Waals surface area contributed by atoms with Crippen LogP contribution in [0.1, 0.15) is 36.8 Å². The van der Waals surface area contributed by atoms with Gasteiger partial charge in [0.15, 0.2) is 0 Å². The first-order valence-electron chi connectivity index (χ1n) is 7.30. The Kier molecular flexibility index (Phi) is 5.39. The third-order valence-corrected chi connectivity index (χ3v) is 3.84. The number of rotatable bonds is 5. The number of hydrogen-bond acceptors (Lipinski definition) is 3. The van der Waals surface area contributed by atoms with Gasteiger partial charge >= 0.3 is 5.97 Å². The van der Waals surface area contributed by atoms with Crippen molar-refractivity contribution in [1.29, 1.82) is 0 Å². The number of aryl methyl sites for hydroxylation is 1. The molecular formula is C17H22O4. The summed E-state index contributed by atoms with van der Waals surface area (Å²) in [4.78, 5) is 10.7. The van der Waals surface area contributed by atoms with E-state index in [4.69, 9.17) is 14.6 Å². The zero-order valence-corrected chi connectivity index (χ0v) is 12.5. The maximum Gasteiger partial charge on any atom is 0.328 e. The molecule has 1 aromatic carbocycles. The largest absolute Gasteiger partial charge is 0.489 e. The van der Waals surface area contributed by atoms with Gasteiger partial charge in [-0.2, -0.15) is 0 Å². The number of benzene rings is 1.